The molecule has 0 N–H and O–H groups in total. The molecule has 0 atom stereocenters. The number of rotatable bonds is 2. The van der Waals surface area contributed by atoms with Crippen LogP contribution in [0.4, 0.5) is 11.6 Å². The van der Waals surface area contributed by atoms with Crippen LogP contribution in [0.1, 0.15) is 52.7 Å². The summed E-state index contributed by atoms with van der Waals surface area (Å²) in [6, 6.07) is 8.59. The van der Waals surface area contributed by atoms with Gasteiger partial charge < -0.3 is 9.62 Å². The van der Waals surface area contributed by atoms with Gasteiger partial charge in [0, 0.05) is 45.6 Å². The Bertz CT molecular complexity index is 688. The van der Waals surface area contributed by atoms with Crippen molar-refractivity contribution in [2.24, 2.45) is 0 Å². The van der Waals surface area contributed by atoms with Crippen molar-refractivity contribution in [1.82, 2.24) is 9.97 Å². The van der Waals surface area contributed by atoms with Crippen LogP contribution in [0.5, 0.6) is 0 Å². The second-order valence-electron chi connectivity index (χ2n) is 8.81. The number of hydrogen-bond acceptors (Lipinski definition) is 4. The largest absolute Gasteiger partial charge is 0.394 e. The van der Waals surface area contributed by atoms with E-state index < -0.39 is 0 Å². The predicted molar refractivity (Wildman–Crippen MR) is 106 cm³/mol. The number of pyridine rings is 2. The number of hydrogen-bond donors (Lipinski definition) is 0. The first-order chi connectivity index (χ1) is 11.6. The molecule has 0 saturated carbocycles. The molecule has 1 saturated heterocycles. The van der Waals surface area contributed by atoms with Gasteiger partial charge in [0.1, 0.15) is 11.6 Å². The van der Waals surface area contributed by atoms with Gasteiger partial charge in [-0.1, -0.05) is 41.5 Å². The standard InChI is InChI=1S/C20H28BN4.Ir/c1-19(2,3)15-7-9-22-17(13-15)24-11-12-25(21-24)18-14-16(8-10-23-18)20(4,5)6;/h7-10,13-14H,11-12H2,1-6H3;. The number of nitrogens with zero attached hydrogens (tertiary/aromatic N) is 4. The molecule has 0 unspecified atom stereocenters. The van der Waals surface area contributed by atoms with E-state index in [0.717, 1.165) is 24.7 Å². The second-order valence-corrected chi connectivity index (χ2v) is 8.81. The molecule has 1 aliphatic rings. The monoisotopic (exact) mass is 528 g/mol. The maximum absolute atomic E-state index is 4.57. The van der Waals surface area contributed by atoms with Crippen molar-refractivity contribution in [3.8, 4) is 0 Å². The van der Waals surface area contributed by atoms with Crippen LogP contribution < -0.4 is 9.62 Å². The van der Waals surface area contributed by atoms with Crippen LogP contribution in [0, 0.1) is 0 Å². The Morgan fingerprint density at radius 3 is 1.50 bits per heavy atom. The van der Waals surface area contributed by atoms with Gasteiger partial charge in [-0.2, -0.15) is 0 Å². The zero-order valence-corrected chi connectivity index (χ0v) is 19.0. The third-order valence-electron chi connectivity index (χ3n) is 4.67. The van der Waals surface area contributed by atoms with Crippen molar-refractivity contribution >= 4 is 19.2 Å². The first kappa shape index (κ1) is 20.9. The van der Waals surface area contributed by atoms with Gasteiger partial charge >= 0.3 is 7.55 Å². The molecule has 140 valence electrons. The molecule has 0 amide bonds. The number of aromatic nitrogens is 2. The molecule has 6 heteroatoms. The maximum Gasteiger partial charge on any atom is 0.394 e. The summed E-state index contributed by atoms with van der Waals surface area (Å²) in [7, 11) is 2.13. The smallest absolute Gasteiger partial charge is 0.382 e. The molecule has 0 spiro atoms. The van der Waals surface area contributed by atoms with Crippen molar-refractivity contribution in [2.75, 3.05) is 22.7 Å². The van der Waals surface area contributed by atoms with Crippen LogP contribution in [0.2, 0.25) is 0 Å². The van der Waals surface area contributed by atoms with Gasteiger partial charge in [-0.3, -0.25) is 0 Å². The molecule has 2 aromatic rings. The van der Waals surface area contributed by atoms with Crippen molar-refractivity contribution in [3.05, 3.63) is 47.8 Å². The van der Waals surface area contributed by atoms with E-state index in [9.17, 15) is 0 Å². The van der Waals surface area contributed by atoms with E-state index in [-0.39, 0.29) is 30.9 Å². The summed E-state index contributed by atoms with van der Waals surface area (Å²) >= 11 is 0. The third-order valence-corrected chi connectivity index (χ3v) is 4.67. The van der Waals surface area contributed by atoms with Crippen LogP contribution in [0.3, 0.4) is 0 Å². The van der Waals surface area contributed by atoms with E-state index in [1.54, 1.807) is 0 Å². The van der Waals surface area contributed by atoms with Crippen molar-refractivity contribution < 1.29 is 20.1 Å². The van der Waals surface area contributed by atoms with E-state index in [4.69, 9.17) is 0 Å². The van der Waals surface area contributed by atoms with Gasteiger partial charge in [0.15, 0.2) is 0 Å². The zero-order chi connectivity index (χ0) is 18.2. The molecule has 0 aromatic carbocycles. The zero-order valence-electron chi connectivity index (χ0n) is 16.6. The van der Waals surface area contributed by atoms with E-state index in [0.29, 0.717) is 0 Å². The summed E-state index contributed by atoms with van der Waals surface area (Å²) in [5, 5.41) is 0. The van der Waals surface area contributed by atoms with Gasteiger partial charge in [0.2, 0.25) is 0 Å². The van der Waals surface area contributed by atoms with Crippen molar-refractivity contribution in [3.63, 3.8) is 0 Å². The van der Waals surface area contributed by atoms with Gasteiger partial charge in [-0.05, 0) is 46.2 Å². The maximum atomic E-state index is 4.57. The van der Waals surface area contributed by atoms with Crippen molar-refractivity contribution in [2.45, 2.75) is 52.4 Å². The minimum absolute atomic E-state index is 0. The Morgan fingerprint density at radius 1 is 0.769 bits per heavy atom. The van der Waals surface area contributed by atoms with E-state index in [2.05, 4.69) is 92.9 Å². The fraction of sp³-hybridized carbons (Fsp3) is 0.500. The first-order valence-corrected chi connectivity index (χ1v) is 8.96. The molecule has 2 aromatic heterocycles. The van der Waals surface area contributed by atoms with Gasteiger partial charge in [0.25, 0.3) is 0 Å². The van der Waals surface area contributed by atoms with Crippen LogP contribution in [-0.4, -0.2) is 30.6 Å². The molecule has 3 rings (SSSR count). The molecule has 26 heavy (non-hydrogen) atoms. The van der Waals surface area contributed by atoms with E-state index in [1.807, 2.05) is 12.4 Å². The molecular weight excluding hydrogens is 499 g/mol. The van der Waals surface area contributed by atoms with Gasteiger partial charge in [-0.25, -0.2) is 9.97 Å². The fourth-order valence-electron chi connectivity index (χ4n) is 2.93. The molecule has 4 nitrogen and oxygen atoms in total. The Hall–Kier alpha value is -1.39. The Labute approximate surface area is 172 Å². The minimum Gasteiger partial charge on any atom is -0.382 e. The Balaban J connectivity index is 0.00000243. The summed E-state index contributed by atoms with van der Waals surface area (Å²) < 4.78 is 0. The SMILES string of the molecule is CC(C)(C)c1ccnc(N2[B]N(c3cc(C(C)(C)C)ccn3)CC2)c1.[Ir]. The molecule has 1 fully saturated rings. The summed E-state index contributed by atoms with van der Waals surface area (Å²) in [6.45, 7) is 15.2. The van der Waals surface area contributed by atoms with E-state index >= 15 is 0 Å². The molecular formula is C20H28BIrN4. The molecule has 0 bridgehead atoms. The third kappa shape index (κ3) is 4.66. The number of anilines is 2. The molecule has 1 aliphatic heterocycles. The predicted octanol–water partition coefficient (Wildman–Crippen LogP) is 3.93. The minimum atomic E-state index is 0. The normalized spacial score (nSPS) is 14.8. The topological polar surface area (TPSA) is 32.3 Å². The quantitative estimate of drug-likeness (QED) is 0.555. The van der Waals surface area contributed by atoms with Crippen LogP contribution >= 0.6 is 0 Å². The summed E-state index contributed by atoms with van der Waals surface area (Å²) in [6.07, 6.45) is 3.82. The summed E-state index contributed by atoms with van der Waals surface area (Å²) in [5.41, 5.74) is 2.86. The van der Waals surface area contributed by atoms with Crippen molar-refractivity contribution in [1.29, 1.82) is 0 Å². The van der Waals surface area contributed by atoms with Crippen LogP contribution in [0.25, 0.3) is 0 Å². The summed E-state index contributed by atoms with van der Waals surface area (Å²) in [5.74, 6) is 2.00. The second kappa shape index (κ2) is 7.70. The van der Waals surface area contributed by atoms with Gasteiger partial charge in [-0.15, -0.1) is 0 Å². The van der Waals surface area contributed by atoms with E-state index in [1.165, 1.54) is 11.1 Å². The molecule has 0 aliphatic carbocycles. The molecule has 3 heterocycles. The fourth-order valence-corrected chi connectivity index (χ4v) is 2.93. The molecule has 2 radical (unpaired) electrons. The average molecular weight is 528 g/mol. The van der Waals surface area contributed by atoms with Gasteiger partial charge in [0.05, 0.1) is 0 Å². The average Bonchev–Trinajstić information content (AvgIpc) is 3.04. The van der Waals surface area contributed by atoms with Crippen LogP contribution in [0.15, 0.2) is 36.7 Å². The summed E-state index contributed by atoms with van der Waals surface area (Å²) in [4.78, 5) is 13.6. The first-order valence-electron chi connectivity index (χ1n) is 8.96. The Morgan fingerprint density at radius 2 is 1.15 bits per heavy atom. The van der Waals surface area contributed by atoms with Crippen LogP contribution in [-0.2, 0) is 30.9 Å². The Kier molecular flexibility index (Phi) is 6.19.